The zero-order valence-electron chi connectivity index (χ0n) is 9.99. The number of aromatic nitrogens is 1. The summed E-state index contributed by atoms with van der Waals surface area (Å²) in [5, 5.41) is 1.98. The highest BCUT2D eigenvalue weighted by molar-refractivity contribution is 6.46. The number of ketones is 1. The van der Waals surface area contributed by atoms with Gasteiger partial charge < -0.3 is 10.3 Å². The number of nitrogens with one attached hydrogen (secondary N) is 2. The maximum atomic E-state index is 12.7. The summed E-state index contributed by atoms with van der Waals surface area (Å²) in [7, 11) is 0. The van der Waals surface area contributed by atoms with Crippen molar-refractivity contribution in [1.82, 2.24) is 4.98 Å². The summed E-state index contributed by atoms with van der Waals surface area (Å²) in [6, 6.07) is 7.31. The Balaban J connectivity index is 2.23. The molecular weight excluding hydrogens is 273 g/mol. The lowest BCUT2D eigenvalue weighted by Crippen LogP contribution is -2.24. The third-order valence-electron chi connectivity index (χ3n) is 2.53. The molecule has 2 aromatic rings. The number of hydrogen-bond acceptors (Lipinski definition) is 2. The Hall–Kier alpha value is -2.57. The Kier molecular flexibility index (Phi) is 3.60. The van der Waals surface area contributed by atoms with Crippen LogP contribution in [0.15, 0.2) is 42.6 Å². The van der Waals surface area contributed by atoms with Gasteiger partial charge in [0.1, 0.15) is 0 Å². The number of anilines is 1. The van der Waals surface area contributed by atoms with E-state index in [1.54, 1.807) is 0 Å². The molecule has 2 N–H and O–H groups in total. The number of aromatic amines is 1. The van der Waals surface area contributed by atoms with Gasteiger partial charge in [0, 0.05) is 6.20 Å². The molecule has 0 fully saturated rings. The van der Waals surface area contributed by atoms with Gasteiger partial charge in [-0.25, -0.2) is 0 Å². The number of Topliss-reactive ketones (excluding diaryl/α,β-unsaturated/α-hetero) is 1. The van der Waals surface area contributed by atoms with Crippen LogP contribution in [0.4, 0.5) is 18.9 Å². The quantitative estimate of drug-likeness (QED) is 0.671. The van der Waals surface area contributed by atoms with Gasteiger partial charge in [0.05, 0.1) is 16.9 Å². The normalized spacial score (nSPS) is 11.2. The van der Waals surface area contributed by atoms with E-state index in [1.165, 1.54) is 30.5 Å². The fraction of sp³-hybridized carbons (Fsp3) is 0.0769. The molecule has 2 rings (SSSR count). The van der Waals surface area contributed by atoms with Gasteiger partial charge in [-0.05, 0) is 24.3 Å². The van der Waals surface area contributed by atoms with Crippen LogP contribution in [0, 0.1) is 0 Å². The smallest absolute Gasteiger partial charge is 0.358 e. The number of H-pyrrole nitrogens is 1. The van der Waals surface area contributed by atoms with E-state index < -0.39 is 29.1 Å². The van der Waals surface area contributed by atoms with Crippen molar-refractivity contribution in [1.29, 1.82) is 0 Å². The van der Waals surface area contributed by atoms with E-state index in [2.05, 4.69) is 4.98 Å². The van der Waals surface area contributed by atoms with Crippen LogP contribution >= 0.6 is 0 Å². The largest absolute Gasteiger partial charge is 0.418 e. The van der Waals surface area contributed by atoms with Crippen LogP contribution in [0.5, 0.6) is 0 Å². The van der Waals surface area contributed by atoms with Crippen molar-refractivity contribution in [3.8, 4) is 0 Å². The second-order valence-corrected chi connectivity index (χ2v) is 3.91. The molecule has 0 bridgehead atoms. The van der Waals surface area contributed by atoms with E-state index >= 15 is 0 Å². The topological polar surface area (TPSA) is 62.0 Å². The van der Waals surface area contributed by atoms with Crippen molar-refractivity contribution in [2.24, 2.45) is 0 Å². The number of alkyl halides is 3. The molecule has 7 heteroatoms. The second-order valence-electron chi connectivity index (χ2n) is 3.91. The van der Waals surface area contributed by atoms with Crippen LogP contribution in [0.25, 0.3) is 0 Å². The van der Waals surface area contributed by atoms with Crippen molar-refractivity contribution >= 4 is 17.4 Å². The van der Waals surface area contributed by atoms with Gasteiger partial charge in [-0.2, -0.15) is 13.2 Å². The summed E-state index contributed by atoms with van der Waals surface area (Å²) in [5.74, 6) is -2.07. The predicted octanol–water partition coefficient (Wildman–Crippen LogP) is 2.85. The van der Waals surface area contributed by atoms with Crippen LogP contribution in [-0.4, -0.2) is 16.7 Å². The van der Waals surface area contributed by atoms with E-state index in [-0.39, 0.29) is 5.69 Å². The highest BCUT2D eigenvalue weighted by atomic mass is 19.4. The molecule has 0 atom stereocenters. The molecule has 0 saturated carbocycles. The first kappa shape index (κ1) is 13.9. The van der Waals surface area contributed by atoms with Crippen LogP contribution < -0.4 is 5.32 Å². The second kappa shape index (κ2) is 5.20. The van der Waals surface area contributed by atoms with Gasteiger partial charge in [-0.1, -0.05) is 12.1 Å². The monoisotopic (exact) mass is 282 g/mol. The highest BCUT2D eigenvalue weighted by Crippen LogP contribution is 2.34. The molecule has 20 heavy (non-hydrogen) atoms. The number of carbonyl (C=O) groups is 2. The number of benzene rings is 1. The fourth-order valence-corrected chi connectivity index (χ4v) is 1.61. The zero-order valence-corrected chi connectivity index (χ0v) is 9.99. The lowest BCUT2D eigenvalue weighted by molar-refractivity contribution is -0.137. The minimum atomic E-state index is -4.61. The number of hydrogen-bond donors (Lipinski definition) is 2. The molecule has 0 aliphatic heterocycles. The van der Waals surface area contributed by atoms with Gasteiger partial charge in [0.25, 0.3) is 11.7 Å². The van der Waals surface area contributed by atoms with Crippen LogP contribution in [0.3, 0.4) is 0 Å². The Morgan fingerprint density at radius 2 is 1.75 bits per heavy atom. The van der Waals surface area contributed by atoms with Crippen molar-refractivity contribution in [2.45, 2.75) is 6.18 Å². The lowest BCUT2D eigenvalue weighted by Gasteiger charge is -2.12. The lowest BCUT2D eigenvalue weighted by atomic mass is 10.1. The number of amides is 1. The molecule has 0 aliphatic carbocycles. The summed E-state index contributed by atoms with van der Waals surface area (Å²) in [5.41, 5.74) is -1.45. The van der Waals surface area contributed by atoms with E-state index in [1.807, 2.05) is 5.32 Å². The Bertz CT molecular complexity index is 633. The Morgan fingerprint density at radius 3 is 2.35 bits per heavy atom. The highest BCUT2D eigenvalue weighted by Gasteiger charge is 2.34. The first-order valence-electron chi connectivity index (χ1n) is 5.55. The van der Waals surface area contributed by atoms with Gasteiger partial charge in [0.2, 0.25) is 0 Å². The Labute approximate surface area is 111 Å². The van der Waals surface area contributed by atoms with E-state index in [0.29, 0.717) is 0 Å². The number of halogens is 3. The number of para-hydroxylation sites is 1. The summed E-state index contributed by atoms with van der Waals surface area (Å²) in [4.78, 5) is 25.8. The molecule has 1 amide bonds. The van der Waals surface area contributed by atoms with E-state index in [9.17, 15) is 22.8 Å². The predicted molar refractivity (Wildman–Crippen MR) is 65.2 cm³/mol. The molecule has 0 unspecified atom stereocenters. The van der Waals surface area contributed by atoms with Crippen LogP contribution in [-0.2, 0) is 11.0 Å². The van der Waals surface area contributed by atoms with Gasteiger partial charge in [-0.3, -0.25) is 9.59 Å². The molecular formula is C13H9F3N2O2. The first-order chi connectivity index (χ1) is 9.39. The van der Waals surface area contributed by atoms with E-state index in [4.69, 9.17) is 0 Å². The summed E-state index contributed by atoms with van der Waals surface area (Å²) >= 11 is 0. The molecule has 0 aliphatic rings. The van der Waals surface area contributed by atoms with Crippen LogP contribution in [0.2, 0.25) is 0 Å². The standard InChI is InChI=1S/C13H9F3N2O2/c14-13(15,16)8-4-1-2-5-9(8)18-12(20)11(19)10-6-3-7-17-10/h1-7,17H,(H,18,20). The third kappa shape index (κ3) is 2.87. The Morgan fingerprint density at radius 1 is 1.05 bits per heavy atom. The molecule has 0 radical (unpaired) electrons. The first-order valence-corrected chi connectivity index (χ1v) is 5.55. The molecule has 1 aromatic carbocycles. The number of rotatable bonds is 3. The van der Waals surface area contributed by atoms with Gasteiger partial charge in [-0.15, -0.1) is 0 Å². The van der Waals surface area contributed by atoms with Gasteiger partial charge >= 0.3 is 6.18 Å². The summed E-state index contributed by atoms with van der Waals surface area (Å²) < 4.78 is 38.2. The molecule has 0 spiro atoms. The fourth-order valence-electron chi connectivity index (χ4n) is 1.61. The average Bonchev–Trinajstić information content (AvgIpc) is 2.91. The van der Waals surface area contributed by atoms with Gasteiger partial charge in [0.15, 0.2) is 0 Å². The number of carbonyl (C=O) groups excluding carboxylic acids is 2. The SMILES string of the molecule is O=C(Nc1ccccc1C(F)(F)F)C(=O)c1ccc[nH]1. The van der Waals surface area contributed by atoms with Crippen LogP contribution in [0.1, 0.15) is 16.1 Å². The van der Waals surface area contributed by atoms with Crippen molar-refractivity contribution in [3.05, 3.63) is 53.9 Å². The molecule has 104 valence electrons. The molecule has 1 aromatic heterocycles. The molecule has 0 saturated heterocycles. The van der Waals surface area contributed by atoms with Crippen molar-refractivity contribution < 1.29 is 22.8 Å². The van der Waals surface area contributed by atoms with E-state index in [0.717, 1.165) is 12.1 Å². The average molecular weight is 282 g/mol. The zero-order chi connectivity index (χ0) is 14.8. The minimum Gasteiger partial charge on any atom is -0.358 e. The maximum Gasteiger partial charge on any atom is 0.418 e. The molecule has 4 nitrogen and oxygen atoms in total. The minimum absolute atomic E-state index is 0.00647. The van der Waals surface area contributed by atoms with Crippen molar-refractivity contribution in [3.63, 3.8) is 0 Å². The summed E-state index contributed by atoms with van der Waals surface area (Å²) in [6.07, 6.45) is -3.18. The molecule has 1 heterocycles. The van der Waals surface area contributed by atoms with Crippen molar-refractivity contribution in [2.75, 3.05) is 5.32 Å². The maximum absolute atomic E-state index is 12.7. The third-order valence-corrected chi connectivity index (χ3v) is 2.53. The summed E-state index contributed by atoms with van der Waals surface area (Å²) in [6.45, 7) is 0.